The first-order valence-corrected chi connectivity index (χ1v) is 8.63. The Kier molecular flexibility index (Phi) is 3.71. The van der Waals surface area contributed by atoms with Gasteiger partial charge in [0.1, 0.15) is 18.8 Å². The van der Waals surface area contributed by atoms with E-state index in [0.29, 0.717) is 12.5 Å². The molecule has 1 saturated heterocycles. The Hall–Kier alpha value is -2.17. The maximum Gasteiger partial charge on any atom is 0.223 e. The second kappa shape index (κ2) is 5.68. The summed E-state index contributed by atoms with van der Waals surface area (Å²) in [5, 5.41) is 11.1. The SMILES string of the molecule is Cc1ccc([C@@H]2O[C@@]2(C2=NC(C)(C)CO2)[C@H](O)c2ccccc2)cc1. The van der Waals surface area contributed by atoms with Crippen LogP contribution in [0.3, 0.4) is 0 Å². The number of hydrogen-bond acceptors (Lipinski definition) is 4. The quantitative estimate of drug-likeness (QED) is 0.865. The van der Waals surface area contributed by atoms with Crippen molar-refractivity contribution in [3.63, 3.8) is 0 Å². The number of epoxide rings is 1. The number of ether oxygens (including phenoxy) is 2. The summed E-state index contributed by atoms with van der Waals surface area (Å²) < 4.78 is 12.0. The molecule has 4 rings (SSSR count). The number of benzene rings is 2. The number of aliphatic hydroxyl groups excluding tert-OH is 1. The molecule has 2 heterocycles. The Morgan fingerprint density at radius 3 is 2.36 bits per heavy atom. The average Bonchev–Trinajstić information content (AvgIpc) is 3.26. The van der Waals surface area contributed by atoms with E-state index in [-0.39, 0.29) is 11.6 Å². The first-order chi connectivity index (χ1) is 11.9. The van der Waals surface area contributed by atoms with E-state index in [0.717, 1.165) is 11.1 Å². The van der Waals surface area contributed by atoms with Gasteiger partial charge in [0.25, 0.3) is 0 Å². The fourth-order valence-electron chi connectivity index (χ4n) is 3.37. The molecule has 4 heteroatoms. The molecule has 0 radical (unpaired) electrons. The number of nitrogens with zero attached hydrogens (tertiary/aromatic N) is 1. The molecule has 0 unspecified atom stereocenters. The minimum atomic E-state index is -0.954. The summed E-state index contributed by atoms with van der Waals surface area (Å²) in [5.74, 6) is 0.499. The van der Waals surface area contributed by atoms with Gasteiger partial charge in [0.2, 0.25) is 11.5 Å². The second-order valence-corrected chi connectivity index (χ2v) is 7.53. The average molecular weight is 337 g/mol. The van der Waals surface area contributed by atoms with Crippen molar-refractivity contribution in [2.75, 3.05) is 6.61 Å². The lowest BCUT2D eigenvalue weighted by molar-refractivity contribution is 0.0959. The van der Waals surface area contributed by atoms with Crippen molar-refractivity contribution in [2.45, 2.75) is 44.1 Å². The molecule has 0 aliphatic carbocycles. The van der Waals surface area contributed by atoms with Crippen LogP contribution >= 0.6 is 0 Å². The number of aliphatic hydroxyl groups is 1. The molecule has 1 N–H and O–H groups in total. The van der Waals surface area contributed by atoms with Crippen LogP contribution in [0.15, 0.2) is 59.6 Å². The van der Waals surface area contributed by atoms with Crippen LogP contribution in [0.2, 0.25) is 0 Å². The van der Waals surface area contributed by atoms with Crippen molar-refractivity contribution in [3.8, 4) is 0 Å². The van der Waals surface area contributed by atoms with E-state index in [9.17, 15) is 5.11 Å². The maximum atomic E-state index is 11.1. The highest BCUT2D eigenvalue weighted by atomic mass is 16.7. The zero-order valence-electron chi connectivity index (χ0n) is 14.8. The molecule has 0 aromatic heterocycles. The van der Waals surface area contributed by atoms with Gasteiger partial charge in [-0.2, -0.15) is 0 Å². The Bertz CT molecular complexity index is 798. The monoisotopic (exact) mass is 337 g/mol. The van der Waals surface area contributed by atoms with E-state index in [1.54, 1.807) is 0 Å². The molecular weight excluding hydrogens is 314 g/mol. The van der Waals surface area contributed by atoms with Crippen LogP contribution in [0.1, 0.15) is 42.7 Å². The molecule has 4 nitrogen and oxygen atoms in total. The largest absolute Gasteiger partial charge is 0.476 e. The summed E-state index contributed by atoms with van der Waals surface area (Å²) in [6.07, 6.45) is -1.11. The van der Waals surface area contributed by atoms with Crippen LogP contribution in [-0.4, -0.2) is 28.8 Å². The van der Waals surface area contributed by atoms with Crippen LogP contribution in [0.25, 0.3) is 0 Å². The molecule has 0 saturated carbocycles. The number of aliphatic imine (C=N–C) groups is 1. The van der Waals surface area contributed by atoms with Gasteiger partial charge in [-0.3, -0.25) is 0 Å². The van der Waals surface area contributed by atoms with Crippen molar-refractivity contribution in [2.24, 2.45) is 4.99 Å². The number of hydrogen-bond donors (Lipinski definition) is 1. The second-order valence-electron chi connectivity index (χ2n) is 7.53. The maximum absolute atomic E-state index is 11.1. The Balaban J connectivity index is 1.74. The van der Waals surface area contributed by atoms with Crippen LogP contribution in [0.4, 0.5) is 0 Å². The van der Waals surface area contributed by atoms with E-state index in [1.807, 2.05) is 56.3 Å². The summed E-state index contributed by atoms with van der Waals surface area (Å²) in [5.41, 5.74) is 1.76. The lowest BCUT2D eigenvalue weighted by Crippen LogP contribution is -2.33. The van der Waals surface area contributed by atoms with Gasteiger partial charge in [0.05, 0.1) is 5.54 Å². The van der Waals surface area contributed by atoms with Crippen LogP contribution < -0.4 is 0 Å². The zero-order chi connectivity index (χ0) is 17.7. The molecule has 130 valence electrons. The topological polar surface area (TPSA) is 54.4 Å². The molecule has 2 aliphatic heterocycles. The molecule has 0 amide bonds. The van der Waals surface area contributed by atoms with Crippen molar-refractivity contribution in [1.29, 1.82) is 0 Å². The van der Waals surface area contributed by atoms with Crippen LogP contribution in [-0.2, 0) is 9.47 Å². The first-order valence-electron chi connectivity index (χ1n) is 8.63. The molecular formula is C21H23NO3. The predicted molar refractivity (Wildman–Crippen MR) is 96.6 cm³/mol. The van der Waals surface area contributed by atoms with Crippen molar-refractivity contribution in [3.05, 3.63) is 71.3 Å². The fraction of sp³-hybridized carbons (Fsp3) is 0.381. The van der Waals surface area contributed by atoms with E-state index in [4.69, 9.17) is 14.5 Å². The summed E-state index contributed by atoms with van der Waals surface area (Å²) >= 11 is 0. The van der Waals surface area contributed by atoms with Gasteiger partial charge in [-0.1, -0.05) is 60.2 Å². The Labute approximate surface area is 148 Å². The summed E-state index contributed by atoms with van der Waals surface area (Å²) in [7, 11) is 0. The lowest BCUT2D eigenvalue weighted by atomic mass is 9.89. The van der Waals surface area contributed by atoms with E-state index in [1.165, 1.54) is 5.56 Å². The third-order valence-electron chi connectivity index (χ3n) is 4.85. The van der Waals surface area contributed by atoms with Crippen molar-refractivity contribution in [1.82, 2.24) is 0 Å². The van der Waals surface area contributed by atoms with Crippen LogP contribution in [0.5, 0.6) is 0 Å². The molecule has 2 aromatic rings. The predicted octanol–water partition coefficient (Wildman–Crippen LogP) is 3.75. The van der Waals surface area contributed by atoms with Gasteiger partial charge in [-0.25, -0.2) is 4.99 Å². The highest BCUT2D eigenvalue weighted by Crippen LogP contribution is 2.58. The molecule has 3 atom stereocenters. The number of aryl methyl sites for hydroxylation is 1. The normalized spacial score (nSPS) is 28.2. The lowest BCUT2D eigenvalue weighted by Gasteiger charge is -2.20. The Morgan fingerprint density at radius 2 is 1.76 bits per heavy atom. The van der Waals surface area contributed by atoms with Gasteiger partial charge in [-0.15, -0.1) is 0 Å². The van der Waals surface area contributed by atoms with Crippen molar-refractivity contribution >= 4 is 5.90 Å². The fourth-order valence-corrected chi connectivity index (χ4v) is 3.37. The highest BCUT2D eigenvalue weighted by molar-refractivity contribution is 5.91. The molecule has 25 heavy (non-hydrogen) atoms. The molecule has 1 fully saturated rings. The number of rotatable bonds is 4. The van der Waals surface area contributed by atoms with Gasteiger partial charge >= 0.3 is 0 Å². The van der Waals surface area contributed by atoms with E-state index >= 15 is 0 Å². The van der Waals surface area contributed by atoms with E-state index in [2.05, 4.69) is 19.1 Å². The highest BCUT2D eigenvalue weighted by Gasteiger charge is 2.68. The summed E-state index contributed by atoms with van der Waals surface area (Å²) in [6.45, 7) is 6.59. The van der Waals surface area contributed by atoms with Gasteiger partial charge in [-0.05, 0) is 31.9 Å². The van der Waals surface area contributed by atoms with Gasteiger partial charge < -0.3 is 14.6 Å². The van der Waals surface area contributed by atoms with E-state index < -0.39 is 11.7 Å². The first kappa shape index (κ1) is 16.3. The zero-order valence-corrected chi connectivity index (χ0v) is 14.8. The van der Waals surface area contributed by atoms with Gasteiger partial charge in [0, 0.05) is 0 Å². The molecule has 2 aromatic carbocycles. The molecule has 0 spiro atoms. The standard InChI is InChI=1S/C21H23NO3/c1-14-9-11-16(12-10-14)18-21(25-18,19-22-20(2,3)13-24-19)17(23)15-7-5-4-6-8-15/h4-12,17-18,23H,13H2,1-3H3/t17-,18+,21+/m1/s1. The minimum absolute atomic E-state index is 0.268. The Morgan fingerprint density at radius 1 is 1.08 bits per heavy atom. The summed E-state index contributed by atoms with van der Waals surface area (Å²) in [6, 6.07) is 17.8. The van der Waals surface area contributed by atoms with Crippen LogP contribution in [0, 0.1) is 6.92 Å². The van der Waals surface area contributed by atoms with Gasteiger partial charge in [0.15, 0.2) is 0 Å². The smallest absolute Gasteiger partial charge is 0.223 e. The third kappa shape index (κ3) is 2.75. The minimum Gasteiger partial charge on any atom is -0.476 e. The molecule has 0 bridgehead atoms. The third-order valence-corrected chi connectivity index (χ3v) is 4.85. The summed E-state index contributed by atoms with van der Waals surface area (Å²) in [4.78, 5) is 4.70. The molecule has 2 aliphatic rings. The van der Waals surface area contributed by atoms with Crippen molar-refractivity contribution < 1.29 is 14.6 Å².